The number of ether oxygens (including phenoxy) is 3. The number of hydrogen-bond donors (Lipinski definition) is 2. The van der Waals surface area contributed by atoms with Crippen LogP contribution in [0, 0.1) is 0 Å². The summed E-state index contributed by atoms with van der Waals surface area (Å²) >= 11 is 0. The number of nitrogens with one attached hydrogen (secondary N) is 1. The molecule has 2 aromatic carbocycles. The van der Waals surface area contributed by atoms with Crippen LogP contribution < -0.4 is 20.5 Å². The van der Waals surface area contributed by atoms with Crippen LogP contribution in [0.15, 0.2) is 47.5 Å². The molecule has 0 spiro atoms. The standard InChI is InChI=1S/C19H22F3N3O3/c1-26-16-7-6-15(9-17(16)27-2)25-18(23)24-10-13-4-3-5-14(8-13)11-28-12-19(20,21)22/h3-9H,10-12H2,1-2H3,(H3,23,24,25). The maximum absolute atomic E-state index is 12.1. The average molecular weight is 397 g/mol. The molecular formula is C19H22F3N3O3. The molecule has 0 radical (unpaired) electrons. The molecule has 0 aromatic heterocycles. The number of guanidine groups is 1. The molecule has 0 amide bonds. The molecule has 0 unspecified atom stereocenters. The van der Waals surface area contributed by atoms with E-state index in [2.05, 4.69) is 15.0 Å². The van der Waals surface area contributed by atoms with Gasteiger partial charge in [0.25, 0.3) is 0 Å². The van der Waals surface area contributed by atoms with Crippen molar-refractivity contribution in [1.29, 1.82) is 0 Å². The molecule has 0 bridgehead atoms. The first-order valence-electron chi connectivity index (χ1n) is 8.32. The number of methoxy groups -OCH3 is 2. The fourth-order valence-electron chi connectivity index (χ4n) is 2.38. The zero-order valence-corrected chi connectivity index (χ0v) is 15.5. The van der Waals surface area contributed by atoms with Gasteiger partial charge in [0.1, 0.15) is 6.61 Å². The van der Waals surface area contributed by atoms with Crippen molar-refractivity contribution in [1.82, 2.24) is 0 Å². The molecular weight excluding hydrogens is 375 g/mol. The normalized spacial score (nSPS) is 12.0. The van der Waals surface area contributed by atoms with Gasteiger partial charge >= 0.3 is 6.18 Å². The lowest BCUT2D eigenvalue weighted by Gasteiger charge is -2.11. The maximum Gasteiger partial charge on any atom is 0.411 e. The first-order chi connectivity index (χ1) is 13.3. The predicted molar refractivity (Wildman–Crippen MR) is 101 cm³/mol. The lowest BCUT2D eigenvalue weighted by Crippen LogP contribution is -2.22. The molecule has 0 fully saturated rings. The molecule has 152 valence electrons. The fraction of sp³-hybridized carbons (Fsp3) is 0.316. The summed E-state index contributed by atoms with van der Waals surface area (Å²) in [7, 11) is 3.08. The zero-order chi connectivity index (χ0) is 20.6. The van der Waals surface area contributed by atoms with Crippen LogP contribution in [0.3, 0.4) is 0 Å². The number of hydrogen-bond acceptors (Lipinski definition) is 4. The lowest BCUT2D eigenvalue weighted by molar-refractivity contribution is -0.176. The summed E-state index contributed by atoms with van der Waals surface area (Å²) in [6.45, 7) is -1.15. The van der Waals surface area contributed by atoms with E-state index in [9.17, 15) is 13.2 Å². The van der Waals surface area contributed by atoms with E-state index in [4.69, 9.17) is 15.2 Å². The predicted octanol–water partition coefficient (Wildman–Crippen LogP) is 3.71. The van der Waals surface area contributed by atoms with E-state index < -0.39 is 12.8 Å². The Balaban J connectivity index is 1.94. The Hall–Kier alpha value is -2.94. The van der Waals surface area contributed by atoms with Crippen LogP contribution in [0.4, 0.5) is 18.9 Å². The van der Waals surface area contributed by atoms with Gasteiger partial charge in [0, 0.05) is 11.8 Å². The van der Waals surface area contributed by atoms with E-state index in [0.29, 0.717) is 22.7 Å². The molecule has 3 N–H and O–H groups in total. The van der Waals surface area contributed by atoms with Gasteiger partial charge in [0.2, 0.25) is 0 Å². The van der Waals surface area contributed by atoms with Crippen molar-refractivity contribution in [2.75, 3.05) is 26.1 Å². The SMILES string of the molecule is COc1ccc(NC(N)=NCc2cccc(COCC(F)(F)F)c2)cc1OC. The lowest BCUT2D eigenvalue weighted by atomic mass is 10.1. The first kappa shape index (κ1) is 21.4. The molecule has 9 heteroatoms. The molecule has 0 aliphatic heterocycles. The second-order valence-corrected chi connectivity index (χ2v) is 5.82. The number of benzene rings is 2. The van der Waals surface area contributed by atoms with E-state index in [1.165, 1.54) is 7.11 Å². The number of nitrogens with two attached hydrogens (primary N) is 1. The van der Waals surface area contributed by atoms with Gasteiger partial charge in [0.05, 0.1) is 27.4 Å². The van der Waals surface area contributed by atoms with Crippen molar-refractivity contribution in [3.63, 3.8) is 0 Å². The van der Waals surface area contributed by atoms with Crippen LogP contribution in [0.5, 0.6) is 11.5 Å². The van der Waals surface area contributed by atoms with Crippen molar-refractivity contribution in [3.05, 3.63) is 53.6 Å². The molecule has 28 heavy (non-hydrogen) atoms. The minimum atomic E-state index is -4.34. The molecule has 0 saturated carbocycles. The van der Waals surface area contributed by atoms with E-state index in [1.54, 1.807) is 49.6 Å². The molecule has 2 aromatic rings. The van der Waals surface area contributed by atoms with Gasteiger partial charge < -0.3 is 25.3 Å². The Morgan fingerprint density at radius 1 is 1.04 bits per heavy atom. The average Bonchev–Trinajstić information content (AvgIpc) is 2.65. The number of anilines is 1. The van der Waals surface area contributed by atoms with Gasteiger partial charge in [-0.05, 0) is 23.3 Å². The fourth-order valence-corrected chi connectivity index (χ4v) is 2.38. The summed E-state index contributed by atoms with van der Waals surface area (Å²) in [5, 5.41) is 2.95. The summed E-state index contributed by atoms with van der Waals surface area (Å²) < 4.78 is 51.5. The number of alkyl halides is 3. The third kappa shape index (κ3) is 6.99. The minimum absolute atomic E-state index is 0.129. The third-order valence-electron chi connectivity index (χ3n) is 3.61. The van der Waals surface area contributed by atoms with Gasteiger partial charge in [-0.25, -0.2) is 4.99 Å². The zero-order valence-electron chi connectivity index (χ0n) is 15.5. The van der Waals surface area contributed by atoms with Crippen molar-refractivity contribution < 1.29 is 27.4 Å². The number of nitrogens with zero attached hydrogens (tertiary/aromatic N) is 1. The number of aliphatic imine (C=N–C) groups is 1. The van der Waals surface area contributed by atoms with Crippen molar-refractivity contribution in [2.45, 2.75) is 19.3 Å². The summed E-state index contributed by atoms with van der Waals surface area (Å²) in [4.78, 5) is 4.24. The molecule has 0 saturated heterocycles. The topological polar surface area (TPSA) is 78.1 Å². The molecule has 0 heterocycles. The first-order valence-corrected chi connectivity index (χ1v) is 8.32. The Labute approximate surface area is 161 Å². The highest BCUT2D eigenvalue weighted by atomic mass is 19.4. The molecule has 0 aliphatic rings. The summed E-state index contributed by atoms with van der Waals surface area (Å²) in [5.74, 6) is 1.32. The van der Waals surface area contributed by atoms with E-state index in [-0.39, 0.29) is 19.1 Å². The maximum atomic E-state index is 12.1. The highest BCUT2D eigenvalue weighted by Gasteiger charge is 2.27. The van der Waals surface area contributed by atoms with E-state index in [0.717, 1.165) is 5.56 Å². The van der Waals surface area contributed by atoms with Gasteiger partial charge in [-0.15, -0.1) is 0 Å². The highest BCUT2D eigenvalue weighted by molar-refractivity contribution is 5.92. The quantitative estimate of drug-likeness (QED) is 0.525. The second kappa shape index (κ2) is 9.84. The van der Waals surface area contributed by atoms with Gasteiger partial charge in [-0.1, -0.05) is 24.3 Å². The van der Waals surface area contributed by atoms with Crippen LogP contribution in [0.1, 0.15) is 11.1 Å². The van der Waals surface area contributed by atoms with Crippen molar-refractivity contribution >= 4 is 11.6 Å². The summed E-state index contributed by atoms with van der Waals surface area (Å²) in [6, 6.07) is 12.2. The second-order valence-electron chi connectivity index (χ2n) is 5.82. The molecule has 0 atom stereocenters. The third-order valence-corrected chi connectivity index (χ3v) is 3.61. The Bertz CT molecular complexity index is 810. The van der Waals surface area contributed by atoms with E-state index >= 15 is 0 Å². The monoisotopic (exact) mass is 397 g/mol. The van der Waals surface area contributed by atoms with Crippen LogP contribution in [0.25, 0.3) is 0 Å². The highest BCUT2D eigenvalue weighted by Crippen LogP contribution is 2.29. The van der Waals surface area contributed by atoms with Crippen LogP contribution in [0.2, 0.25) is 0 Å². The van der Waals surface area contributed by atoms with Crippen LogP contribution in [-0.2, 0) is 17.9 Å². The van der Waals surface area contributed by atoms with Gasteiger partial charge in [-0.2, -0.15) is 13.2 Å². The smallest absolute Gasteiger partial charge is 0.411 e. The van der Waals surface area contributed by atoms with E-state index in [1.807, 2.05) is 0 Å². The Morgan fingerprint density at radius 3 is 2.43 bits per heavy atom. The number of rotatable bonds is 8. The minimum Gasteiger partial charge on any atom is -0.493 e. The van der Waals surface area contributed by atoms with Gasteiger partial charge in [-0.3, -0.25) is 0 Å². The summed E-state index contributed by atoms with van der Waals surface area (Å²) in [6.07, 6.45) is -4.34. The molecule has 6 nitrogen and oxygen atoms in total. The molecule has 0 aliphatic carbocycles. The largest absolute Gasteiger partial charge is 0.493 e. The van der Waals surface area contributed by atoms with Crippen LogP contribution >= 0.6 is 0 Å². The van der Waals surface area contributed by atoms with Gasteiger partial charge in [0.15, 0.2) is 17.5 Å². The Morgan fingerprint density at radius 2 is 1.75 bits per heavy atom. The summed E-state index contributed by atoms with van der Waals surface area (Å²) in [5.41, 5.74) is 8.00. The van der Waals surface area contributed by atoms with Crippen molar-refractivity contribution in [3.8, 4) is 11.5 Å². The number of halogens is 3. The Kier molecular flexibility index (Phi) is 7.51. The van der Waals surface area contributed by atoms with Crippen molar-refractivity contribution in [2.24, 2.45) is 10.7 Å². The van der Waals surface area contributed by atoms with Crippen LogP contribution in [-0.4, -0.2) is 33.0 Å². The molecule has 2 rings (SSSR count).